The van der Waals surface area contributed by atoms with Gasteiger partial charge in [-0.2, -0.15) is 0 Å². The molecular formula is C13H22N4O2. The molecule has 0 unspecified atom stereocenters. The van der Waals surface area contributed by atoms with E-state index in [1.807, 2.05) is 0 Å². The van der Waals surface area contributed by atoms with Crippen molar-refractivity contribution in [1.82, 2.24) is 9.97 Å². The number of nitrogens with one attached hydrogen (secondary N) is 2. The SMILES string of the molecule is CCCNc1ncnc(NC2CCOCC2)c1OC. The lowest BCUT2D eigenvalue weighted by Crippen LogP contribution is -2.28. The van der Waals surface area contributed by atoms with Crippen LogP contribution in [0.3, 0.4) is 0 Å². The first-order valence-corrected chi connectivity index (χ1v) is 6.82. The predicted octanol–water partition coefficient (Wildman–Crippen LogP) is 1.90. The van der Waals surface area contributed by atoms with E-state index in [2.05, 4.69) is 27.5 Å². The van der Waals surface area contributed by atoms with Gasteiger partial charge in [-0.3, -0.25) is 0 Å². The van der Waals surface area contributed by atoms with Gasteiger partial charge in [0.25, 0.3) is 0 Å². The van der Waals surface area contributed by atoms with E-state index in [0.29, 0.717) is 11.8 Å². The molecule has 1 aromatic rings. The topological polar surface area (TPSA) is 68.3 Å². The molecule has 6 nitrogen and oxygen atoms in total. The lowest BCUT2D eigenvalue weighted by Gasteiger charge is -2.24. The van der Waals surface area contributed by atoms with E-state index in [1.165, 1.54) is 0 Å². The number of hydrogen-bond donors (Lipinski definition) is 2. The van der Waals surface area contributed by atoms with Crippen molar-refractivity contribution >= 4 is 11.6 Å². The smallest absolute Gasteiger partial charge is 0.204 e. The van der Waals surface area contributed by atoms with Crippen molar-refractivity contribution in [3.05, 3.63) is 6.33 Å². The molecule has 19 heavy (non-hydrogen) atoms. The van der Waals surface area contributed by atoms with Gasteiger partial charge in [-0.1, -0.05) is 6.92 Å². The van der Waals surface area contributed by atoms with Crippen LogP contribution in [0.4, 0.5) is 11.6 Å². The molecule has 0 amide bonds. The van der Waals surface area contributed by atoms with Crippen LogP contribution in [-0.4, -0.2) is 42.9 Å². The Balaban J connectivity index is 2.09. The average Bonchev–Trinajstić information content (AvgIpc) is 2.46. The molecule has 6 heteroatoms. The third-order valence-electron chi connectivity index (χ3n) is 3.11. The summed E-state index contributed by atoms with van der Waals surface area (Å²) >= 11 is 0. The van der Waals surface area contributed by atoms with E-state index in [9.17, 15) is 0 Å². The summed E-state index contributed by atoms with van der Waals surface area (Å²) in [4.78, 5) is 8.51. The van der Waals surface area contributed by atoms with Crippen LogP contribution in [0.1, 0.15) is 26.2 Å². The maximum atomic E-state index is 5.43. The number of anilines is 2. The van der Waals surface area contributed by atoms with Gasteiger partial charge in [0, 0.05) is 25.8 Å². The van der Waals surface area contributed by atoms with Crippen molar-refractivity contribution in [3.63, 3.8) is 0 Å². The van der Waals surface area contributed by atoms with Crippen LogP contribution in [0.5, 0.6) is 5.75 Å². The molecule has 2 rings (SSSR count). The summed E-state index contributed by atoms with van der Waals surface area (Å²) in [7, 11) is 1.64. The third-order valence-corrected chi connectivity index (χ3v) is 3.11. The minimum atomic E-state index is 0.386. The van der Waals surface area contributed by atoms with Crippen LogP contribution in [-0.2, 0) is 4.74 Å². The quantitative estimate of drug-likeness (QED) is 0.819. The molecule has 0 radical (unpaired) electrons. The van der Waals surface area contributed by atoms with Crippen molar-refractivity contribution in [2.45, 2.75) is 32.2 Å². The summed E-state index contributed by atoms with van der Waals surface area (Å²) in [6.45, 7) is 4.57. The van der Waals surface area contributed by atoms with Gasteiger partial charge in [-0.25, -0.2) is 9.97 Å². The Morgan fingerprint density at radius 2 is 2.05 bits per heavy atom. The lowest BCUT2D eigenvalue weighted by molar-refractivity contribution is 0.0903. The first-order chi connectivity index (χ1) is 9.35. The van der Waals surface area contributed by atoms with Gasteiger partial charge in [0.1, 0.15) is 6.33 Å². The van der Waals surface area contributed by atoms with E-state index in [4.69, 9.17) is 9.47 Å². The summed E-state index contributed by atoms with van der Waals surface area (Å²) in [6.07, 6.45) is 4.58. The van der Waals surface area contributed by atoms with Crippen molar-refractivity contribution in [3.8, 4) is 5.75 Å². The van der Waals surface area contributed by atoms with Crippen molar-refractivity contribution in [2.75, 3.05) is 37.5 Å². The lowest BCUT2D eigenvalue weighted by atomic mass is 10.1. The first kappa shape index (κ1) is 13.9. The number of ether oxygens (including phenoxy) is 2. The van der Waals surface area contributed by atoms with E-state index in [1.54, 1.807) is 13.4 Å². The standard InChI is InChI=1S/C13H22N4O2/c1-3-6-14-12-11(18-2)13(16-9-15-12)17-10-4-7-19-8-5-10/h9-10H,3-8H2,1-2H3,(H2,14,15,16,17). The van der Waals surface area contributed by atoms with Crippen LogP contribution >= 0.6 is 0 Å². The Kier molecular flexibility index (Phi) is 5.20. The molecule has 0 aliphatic carbocycles. The highest BCUT2D eigenvalue weighted by atomic mass is 16.5. The fourth-order valence-electron chi connectivity index (χ4n) is 2.07. The second-order valence-corrected chi connectivity index (χ2v) is 4.56. The zero-order chi connectivity index (χ0) is 13.5. The summed E-state index contributed by atoms with van der Waals surface area (Å²) < 4.78 is 10.8. The molecule has 1 aromatic heterocycles. The van der Waals surface area contributed by atoms with E-state index >= 15 is 0 Å². The highest BCUT2D eigenvalue weighted by Gasteiger charge is 2.18. The number of methoxy groups -OCH3 is 1. The number of hydrogen-bond acceptors (Lipinski definition) is 6. The van der Waals surface area contributed by atoms with E-state index in [0.717, 1.165) is 50.7 Å². The van der Waals surface area contributed by atoms with Crippen LogP contribution in [0.25, 0.3) is 0 Å². The Morgan fingerprint density at radius 1 is 1.32 bits per heavy atom. The number of nitrogens with zero attached hydrogens (tertiary/aromatic N) is 2. The second-order valence-electron chi connectivity index (χ2n) is 4.56. The molecule has 0 atom stereocenters. The predicted molar refractivity (Wildman–Crippen MR) is 74.8 cm³/mol. The van der Waals surface area contributed by atoms with Gasteiger partial charge < -0.3 is 20.1 Å². The molecule has 1 aliphatic heterocycles. The van der Waals surface area contributed by atoms with Crippen LogP contribution in [0, 0.1) is 0 Å². The van der Waals surface area contributed by atoms with Gasteiger partial charge in [-0.05, 0) is 19.3 Å². The van der Waals surface area contributed by atoms with Crippen LogP contribution in [0.2, 0.25) is 0 Å². The molecule has 1 fully saturated rings. The Bertz CT molecular complexity index is 394. The van der Waals surface area contributed by atoms with Crippen LogP contribution in [0.15, 0.2) is 6.33 Å². The highest BCUT2D eigenvalue weighted by molar-refractivity contribution is 5.63. The molecule has 106 valence electrons. The maximum Gasteiger partial charge on any atom is 0.204 e. The Hall–Kier alpha value is -1.56. The largest absolute Gasteiger partial charge is 0.490 e. The Labute approximate surface area is 113 Å². The fraction of sp³-hybridized carbons (Fsp3) is 0.692. The van der Waals surface area contributed by atoms with Crippen molar-refractivity contribution < 1.29 is 9.47 Å². The van der Waals surface area contributed by atoms with Crippen LogP contribution < -0.4 is 15.4 Å². The van der Waals surface area contributed by atoms with Crippen molar-refractivity contribution in [2.24, 2.45) is 0 Å². The zero-order valence-electron chi connectivity index (χ0n) is 11.6. The fourth-order valence-corrected chi connectivity index (χ4v) is 2.07. The summed E-state index contributed by atoms with van der Waals surface area (Å²) in [5, 5.41) is 6.67. The summed E-state index contributed by atoms with van der Waals surface area (Å²) in [5.74, 6) is 2.18. The normalized spacial score (nSPS) is 16.1. The number of aromatic nitrogens is 2. The molecule has 0 bridgehead atoms. The highest BCUT2D eigenvalue weighted by Crippen LogP contribution is 2.30. The van der Waals surface area contributed by atoms with E-state index < -0.39 is 0 Å². The van der Waals surface area contributed by atoms with Crippen molar-refractivity contribution in [1.29, 1.82) is 0 Å². The Morgan fingerprint density at radius 3 is 2.74 bits per heavy atom. The molecule has 2 N–H and O–H groups in total. The molecule has 0 aromatic carbocycles. The molecule has 0 saturated carbocycles. The molecule has 1 aliphatic rings. The molecule has 2 heterocycles. The monoisotopic (exact) mass is 266 g/mol. The van der Waals surface area contributed by atoms with Gasteiger partial charge in [-0.15, -0.1) is 0 Å². The summed E-state index contributed by atoms with van der Waals surface area (Å²) in [5.41, 5.74) is 0. The van der Waals surface area contributed by atoms with Gasteiger partial charge in [0.05, 0.1) is 7.11 Å². The maximum absolute atomic E-state index is 5.43. The van der Waals surface area contributed by atoms with Gasteiger partial charge in [0.2, 0.25) is 5.75 Å². The first-order valence-electron chi connectivity index (χ1n) is 6.82. The zero-order valence-corrected chi connectivity index (χ0v) is 11.6. The minimum absolute atomic E-state index is 0.386. The average molecular weight is 266 g/mol. The van der Waals surface area contributed by atoms with Gasteiger partial charge >= 0.3 is 0 Å². The van der Waals surface area contributed by atoms with E-state index in [-0.39, 0.29) is 0 Å². The minimum Gasteiger partial charge on any atom is -0.490 e. The molecule has 1 saturated heterocycles. The van der Waals surface area contributed by atoms with Gasteiger partial charge in [0.15, 0.2) is 11.6 Å². The number of rotatable bonds is 6. The third kappa shape index (κ3) is 3.70. The molecular weight excluding hydrogens is 244 g/mol. The summed E-state index contributed by atoms with van der Waals surface area (Å²) in [6, 6.07) is 0.386. The molecule has 0 spiro atoms. The second kappa shape index (κ2) is 7.13.